The zero-order valence-corrected chi connectivity index (χ0v) is 16.1. The summed E-state index contributed by atoms with van der Waals surface area (Å²) in [5, 5.41) is 27.1. The maximum absolute atomic E-state index is 9.20. The molecule has 0 saturated carbocycles. The van der Waals surface area contributed by atoms with E-state index in [1.807, 2.05) is 12.1 Å². The van der Waals surface area contributed by atoms with Gasteiger partial charge in [0.05, 0.1) is 6.10 Å². The number of aliphatic hydroxyl groups is 1. The number of rotatable bonds is 8. The molecule has 7 heteroatoms. The van der Waals surface area contributed by atoms with Crippen molar-refractivity contribution < 1.29 is 29.6 Å². The number of aliphatic carboxylic acids is 2. The van der Waals surface area contributed by atoms with Crippen LogP contribution in [0.1, 0.15) is 23.6 Å². The Labute approximate surface area is 164 Å². The second-order valence-electron chi connectivity index (χ2n) is 6.29. The van der Waals surface area contributed by atoms with E-state index in [1.165, 1.54) is 16.7 Å². The standard InChI is InChI=1S/C19H25NO2.C2H2O4/c1-15-8-9-19(22-11-10-20-14-16(2)21)18(12-15)13-17-6-4-3-5-7-17;3-1(4)2(5)6/h3-9,12,16,20-21H,10-11,13-14H2,1-2H3;(H,3,4)(H,5,6). The fourth-order valence-corrected chi connectivity index (χ4v) is 2.35. The first-order valence-electron chi connectivity index (χ1n) is 8.90. The Balaban J connectivity index is 0.000000568. The van der Waals surface area contributed by atoms with Crippen LogP contribution in [0.25, 0.3) is 0 Å². The van der Waals surface area contributed by atoms with Crippen molar-refractivity contribution >= 4 is 11.9 Å². The molecule has 0 fully saturated rings. The Kier molecular flexibility index (Phi) is 10.3. The molecule has 28 heavy (non-hydrogen) atoms. The highest BCUT2D eigenvalue weighted by atomic mass is 16.5. The second-order valence-corrected chi connectivity index (χ2v) is 6.29. The molecule has 0 aliphatic carbocycles. The Morgan fingerprint density at radius 3 is 2.29 bits per heavy atom. The van der Waals surface area contributed by atoms with Crippen molar-refractivity contribution in [2.45, 2.75) is 26.4 Å². The summed E-state index contributed by atoms with van der Waals surface area (Å²) in [4.78, 5) is 18.2. The molecule has 2 rings (SSSR count). The predicted molar refractivity (Wildman–Crippen MR) is 106 cm³/mol. The van der Waals surface area contributed by atoms with E-state index in [1.54, 1.807) is 6.92 Å². The number of ether oxygens (including phenoxy) is 1. The van der Waals surface area contributed by atoms with E-state index in [-0.39, 0.29) is 6.10 Å². The summed E-state index contributed by atoms with van der Waals surface area (Å²) < 4.78 is 5.90. The molecule has 0 saturated heterocycles. The fourth-order valence-electron chi connectivity index (χ4n) is 2.35. The molecule has 4 N–H and O–H groups in total. The maximum Gasteiger partial charge on any atom is 0.414 e. The number of carbonyl (C=O) groups is 2. The lowest BCUT2D eigenvalue weighted by molar-refractivity contribution is -0.159. The van der Waals surface area contributed by atoms with Crippen LogP contribution in [0.4, 0.5) is 0 Å². The lowest BCUT2D eigenvalue weighted by atomic mass is 10.0. The quantitative estimate of drug-likeness (QED) is 0.403. The lowest BCUT2D eigenvalue weighted by Crippen LogP contribution is -2.28. The Morgan fingerprint density at radius 2 is 1.71 bits per heavy atom. The van der Waals surface area contributed by atoms with Crippen molar-refractivity contribution in [1.82, 2.24) is 5.32 Å². The van der Waals surface area contributed by atoms with E-state index >= 15 is 0 Å². The molecule has 152 valence electrons. The van der Waals surface area contributed by atoms with Gasteiger partial charge in [-0.25, -0.2) is 9.59 Å². The van der Waals surface area contributed by atoms with Crippen LogP contribution in [-0.4, -0.2) is 53.1 Å². The summed E-state index contributed by atoms with van der Waals surface area (Å²) in [7, 11) is 0. The first-order valence-corrected chi connectivity index (χ1v) is 8.90. The maximum atomic E-state index is 9.20. The lowest BCUT2D eigenvalue weighted by Gasteiger charge is -2.13. The summed E-state index contributed by atoms with van der Waals surface area (Å²) in [6.07, 6.45) is 0.548. The van der Waals surface area contributed by atoms with Crippen molar-refractivity contribution in [2.24, 2.45) is 0 Å². The number of carboxylic acid groups (broad SMARTS) is 2. The number of aliphatic hydroxyl groups excluding tert-OH is 1. The zero-order chi connectivity index (χ0) is 20.9. The van der Waals surface area contributed by atoms with Gasteiger partial charge in [0.25, 0.3) is 0 Å². The molecule has 0 heterocycles. The molecule has 0 bridgehead atoms. The monoisotopic (exact) mass is 389 g/mol. The van der Waals surface area contributed by atoms with E-state index in [2.05, 4.69) is 48.6 Å². The van der Waals surface area contributed by atoms with E-state index in [9.17, 15) is 5.11 Å². The van der Waals surface area contributed by atoms with Crippen LogP contribution in [0.2, 0.25) is 0 Å². The highest BCUT2D eigenvalue weighted by Crippen LogP contribution is 2.23. The molecule has 2 aromatic carbocycles. The van der Waals surface area contributed by atoms with Crippen LogP contribution in [0.3, 0.4) is 0 Å². The van der Waals surface area contributed by atoms with E-state index in [4.69, 9.17) is 24.5 Å². The molecular weight excluding hydrogens is 362 g/mol. The van der Waals surface area contributed by atoms with Gasteiger partial charge >= 0.3 is 11.9 Å². The molecule has 0 aromatic heterocycles. The molecule has 0 amide bonds. The van der Waals surface area contributed by atoms with Gasteiger partial charge in [-0.15, -0.1) is 0 Å². The normalized spacial score (nSPS) is 11.1. The van der Waals surface area contributed by atoms with Gasteiger partial charge in [-0.2, -0.15) is 0 Å². The van der Waals surface area contributed by atoms with Crippen LogP contribution in [0.15, 0.2) is 48.5 Å². The molecule has 0 aliphatic rings. The van der Waals surface area contributed by atoms with Gasteiger partial charge in [0.1, 0.15) is 12.4 Å². The van der Waals surface area contributed by atoms with Crippen molar-refractivity contribution in [3.8, 4) is 5.75 Å². The third-order valence-electron chi connectivity index (χ3n) is 3.61. The molecular formula is C21H27NO6. The highest BCUT2D eigenvalue weighted by molar-refractivity contribution is 6.27. The summed E-state index contributed by atoms with van der Waals surface area (Å²) in [5.41, 5.74) is 3.73. The van der Waals surface area contributed by atoms with Crippen molar-refractivity contribution in [1.29, 1.82) is 0 Å². The predicted octanol–water partition coefficient (Wildman–Crippen LogP) is 2.09. The van der Waals surface area contributed by atoms with E-state index in [0.29, 0.717) is 13.2 Å². The van der Waals surface area contributed by atoms with Gasteiger partial charge in [0, 0.05) is 19.5 Å². The number of hydrogen-bond acceptors (Lipinski definition) is 5. The number of aryl methyl sites for hydroxylation is 1. The minimum atomic E-state index is -1.82. The zero-order valence-electron chi connectivity index (χ0n) is 16.1. The molecule has 1 unspecified atom stereocenters. The van der Waals surface area contributed by atoms with E-state index < -0.39 is 11.9 Å². The smallest absolute Gasteiger partial charge is 0.414 e. The minimum Gasteiger partial charge on any atom is -0.492 e. The van der Waals surface area contributed by atoms with Gasteiger partial charge < -0.3 is 25.4 Å². The topological polar surface area (TPSA) is 116 Å². The highest BCUT2D eigenvalue weighted by Gasteiger charge is 2.06. The van der Waals surface area contributed by atoms with Crippen molar-refractivity contribution in [3.63, 3.8) is 0 Å². The van der Waals surface area contributed by atoms with Crippen molar-refractivity contribution in [2.75, 3.05) is 19.7 Å². The third-order valence-corrected chi connectivity index (χ3v) is 3.61. The number of carboxylic acids is 2. The largest absolute Gasteiger partial charge is 0.492 e. The molecule has 0 spiro atoms. The first-order chi connectivity index (χ1) is 13.3. The number of benzene rings is 2. The summed E-state index contributed by atoms with van der Waals surface area (Å²) >= 11 is 0. The summed E-state index contributed by atoms with van der Waals surface area (Å²) in [5.74, 6) is -2.71. The average molecular weight is 389 g/mol. The summed E-state index contributed by atoms with van der Waals surface area (Å²) in [6, 6.07) is 16.7. The van der Waals surface area contributed by atoms with Crippen molar-refractivity contribution in [3.05, 3.63) is 65.2 Å². The SMILES string of the molecule is Cc1ccc(OCCNCC(C)O)c(Cc2ccccc2)c1.O=C(O)C(=O)O. The average Bonchev–Trinajstić information content (AvgIpc) is 2.64. The van der Waals surface area contributed by atoms with Crippen LogP contribution < -0.4 is 10.1 Å². The van der Waals surface area contributed by atoms with Crippen LogP contribution in [0.5, 0.6) is 5.75 Å². The molecule has 7 nitrogen and oxygen atoms in total. The number of hydrogen-bond donors (Lipinski definition) is 4. The first kappa shape index (κ1) is 23.1. The summed E-state index contributed by atoms with van der Waals surface area (Å²) in [6.45, 7) is 5.78. The minimum absolute atomic E-state index is 0.326. The Bertz CT molecular complexity index is 734. The third kappa shape index (κ3) is 9.70. The van der Waals surface area contributed by atoms with Gasteiger partial charge in [-0.3, -0.25) is 0 Å². The fraction of sp³-hybridized carbons (Fsp3) is 0.333. The van der Waals surface area contributed by atoms with E-state index in [0.717, 1.165) is 18.7 Å². The molecule has 1 atom stereocenters. The Morgan fingerprint density at radius 1 is 1.07 bits per heavy atom. The molecule has 2 aromatic rings. The van der Waals surface area contributed by atoms with Gasteiger partial charge in [0.15, 0.2) is 0 Å². The van der Waals surface area contributed by atoms with Crippen LogP contribution >= 0.6 is 0 Å². The second kappa shape index (κ2) is 12.5. The molecule has 0 aliphatic heterocycles. The van der Waals surface area contributed by atoms with Gasteiger partial charge in [0.2, 0.25) is 0 Å². The van der Waals surface area contributed by atoms with Crippen LogP contribution in [0, 0.1) is 6.92 Å². The van der Waals surface area contributed by atoms with Crippen LogP contribution in [-0.2, 0) is 16.0 Å². The number of nitrogens with one attached hydrogen (secondary N) is 1. The van der Waals surface area contributed by atoms with Gasteiger partial charge in [-0.1, -0.05) is 48.0 Å². The Hall–Kier alpha value is -2.90. The van der Waals surface area contributed by atoms with Gasteiger partial charge in [-0.05, 0) is 31.0 Å². The molecule has 0 radical (unpaired) electrons.